The van der Waals surface area contributed by atoms with Crippen LogP contribution in [0.3, 0.4) is 0 Å². The zero-order chi connectivity index (χ0) is 21.6. The first-order valence-corrected chi connectivity index (χ1v) is 11.9. The lowest BCUT2D eigenvalue weighted by molar-refractivity contribution is -0.142. The van der Waals surface area contributed by atoms with Crippen LogP contribution < -0.4 is 0 Å². The van der Waals surface area contributed by atoms with E-state index in [1.807, 2.05) is 30.3 Å². The van der Waals surface area contributed by atoms with Crippen molar-refractivity contribution in [2.24, 2.45) is 11.8 Å². The molecule has 0 saturated heterocycles. The Balaban J connectivity index is 1.51. The van der Waals surface area contributed by atoms with Crippen molar-refractivity contribution in [2.75, 3.05) is 19.5 Å². The second-order valence-electron chi connectivity index (χ2n) is 8.05. The number of aliphatic carboxylic acids is 1. The Labute approximate surface area is 186 Å². The average Bonchev–Trinajstić information content (AvgIpc) is 3.43. The average molecular weight is 441 g/mol. The minimum absolute atomic E-state index is 0.206. The number of thioether (sulfide) groups is 1. The van der Waals surface area contributed by atoms with E-state index in [2.05, 4.69) is 23.1 Å². The van der Waals surface area contributed by atoms with Crippen LogP contribution in [0.1, 0.15) is 25.7 Å². The van der Waals surface area contributed by atoms with Crippen molar-refractivity contribution in [2.45, 2.75) is 37.3 Å². The first kappa shape index (κ1) is 21.7. The van der Waals surface area contributed by atoms with Crippen LogP contribution in [0.25, 0.3) is 22.6 Å². The van der Waals surface area contributed by atoms with E-state index >= 15 is 0 Å². The molecule has 1 N–H and O–H groups in total. The van der Waals surface area contributed by atoms with Gasteiger partial charge < -0.3 is 14.3 Å². The summed E-state index contributed by atoms with van der Waals surface area (Å²) in [7, 11) is 0. The number of carbonyl (C=O) groups is 1. The van der Waals surface area contributed by atoms with Crippen LogP contribution in [-0.2, 0) is 16.1 Å². The minimum atomic E-state index is -0.904. The summed E-state index contributed by atoms with van der Waals surface area (Å²) < 4.78 is 13.2. The van der Waals surface area contributed by atoms with Crippen molar-refractivity contribution in [3.8, 4) is 22.6 Å². The summed E-state index contributed by atoms with van der Waals surface area (Å²) in [6, 6.07) is 14.2. The Kier molecular flexibility index (Phi) is 7.14. The largest absolute Gasteiger partial charge is 0.480 e. The van der Waals surface area contributed by atoms with Gasteiger partial charge in [0.15, 0.2) is 0 Å². The summed E-state index contributed by atoms with van der Waals surface area (Å²) in [4.78, 5) is 10.6. The van der Waals surface area contributed by atoms with Crippen molar-refractivity contribution in [1.82, 2.24) is 9.78 Å². The fourth-order valence-corrected chi connectivity index (χ4v) is 5.08. The molecule has 1 aromatic carbocycles. The molecule has 0 amide bonds. The molecule has 0 unspecified atom stereocenters. The molecule has 31 heavy (non-hydrogen) atoms. The molecule has 1 aliphatic carbocycles. The van der Waals surface area contributed by atoms with Crippen LogP contribution >= 0.6 is 11.8 Å². The molecule has 0 aliphatic heterocycles. The Morgan fingerprint density at radius 3 is 2.55 bits per heavy atom. The van der Waals surface area contributed by atoms with Gasteiger partial charge in [0.25, 0.3) is 0 Å². The zero-order valence-electron chi connectivity index (χ0n) is 17.7. The molecule has 7 heteroatoms. The predicted molar refractivity (Wildman–Crippen MR) is 121 cm³/mol. The Morgan fingerprint density at radius 2 is 1.90 bits per heavy atom. The molecule has 6 nitrogen and oxygen atoms in total. The molecule has 0 radical (unpaired) electrons. The minimum Gasteiger partial charge on any atom is -0.480 e. The number of ether oxygens (including phenoxy) is 1. The van der Waals surface area contributed by atoms with Crippen molar-refractivity contribution in [1.29, 1.82) is 0 Å². The number of carboxylic acids is 1. The summed E-state index contributed by atoms with van der Waals surface area (Å²) in [6.07, 6.45) is 8.13. The van der Waals surface area contributed by atoms with Crippen LogP contribution in [-0.4, -0.2) is 40.3 Å². The number of hydrogen-bond donors (Lipinski definition) is 1. The van der Waals surface area contributed by atoms with E-state index in [-0.39, 0.29) is 6.61 Å². The SMILES string of the molecule is CSc1c(-c2ccco2)c(-c2ccccc2)nn1CC1CCC(COCC(=O)O)CC1. The van der Waals surface area contributed by atoms with Gasteiger partial charge in [-0.05, 0) is 55.9 Å². The highest BCUT2D eigenvalue weighted by Gasteiger charge is 2.26. The van der Waals surface area contributed by atoms with Crippen molar-refractivity contribution < 1.29 is 19.1 Å². The number of aromatic nitrogens is 2. The third kappa shape index (κ3) is 5.22. The van der Waals surface area contributed by atoms with Gasteiger partial charge >= 0.3 is 5.97 Å². The number of furan rings is 1. The van der Waals surface area contributed by atoms with Gasteiger partial charge in [-0.1, -0.05) is 30.3 Å². The predicted octanol–water partition coefficient (Wildman–Crippen LogP) is 5.44. The fourth-order valence-electron chi connectivity index (χ4n) is 4.36. The number of nitrogens with zero attached hydrogens (tertiary/aromatic N) is 2. The second kappa shape index (κ2) is 10.2. The second-order valence-corrected chi connectivity index (χ2v) is 8.85. The summed E-state index contributed by atoms with van der Waals surface area (Å²) in [5, 5.41) is 14.9. The number of carboxylic acid groups (broad SMARTS) is 1. The van der Waals surface area contributed by atoms with Crippen molar-refractivity contribution in [3.05, 3.63) is 48.7 Å². The highest BCUT2D eigenvalue weighted by molar-refractivity contribution is 7.98. The van der Waals surface area contributed by atoms with Crippen LogP contribution in [0.5, 0.6) is 0 Å². The van der Waals surface area contributed by atoms with E-state index in [0.29, 0.717) is 18.4 Å². The lowest BCUT2D eigenvalue weighted by Crippen LogP contribution is -2.23. The number of benzene rings is 1. The van der Waals surface area contributed by atoms with Crippen molar-refractivity contribution in [3.63, 3.8) is 0 Å². The van der Waals surface area contributed by atoms with E-state index in [1.54, 1.807) is 18.0 Å². The Hall–Kier alpha value is -2.51. The summed E-state index contributed by atoms with van der Waals surface area (Å²) in [5.74, 6) is 0.939. The third-order valence-corrected chi connectivity index (χ3v) is 6.69. The zero-order valence-corrected chi connectivity index (χ0v) is 18.5. The fraction of sp³-hybridized carbons (Fsp3) is 0.417. The van der Waals surface area contributed by atoms with Gasteiger partial charge in [-0.3, -0.25) is 4.68 Å². The van der Waals surface area contributed by atoms with E-state index in [1.165, 1.54) is 0 Å². The molecule has 1 saturated carbocycles. The maximum atomic E-state index is 10.6. The smallest absolute Gasteiger partial charge is 0.329 e. The molecule has 0 bridgehead atoms. The summed E-state index contributed by atoms with van der Waals surface area (Å²) in [5.41, 5.74) is 3.09. The molecule has 4 rings (SSSR count). The standard InChI is InChI=1S/C24H28N2O4S/c1-31-24-22(20-8-5-13-30-20)23(19-6-3-2-4-7-19)25-26(24)14-17-9-11-18(12-10-17)15-29-16-21(27)28/h2-8,13,17-18H,9-12,14-16H2,1H3,(H,27,28). The van der Waals surface area contributed by atoms with E-state index in [9.17, 15) is 4.79 Å². The van der Waals surface area contributed by atoms with E-state index in [4.69, 9.17) is 19.4 Å². The van der Waals surface area contributed by atoms with Gasteiger partial charge in [-0.25, -0.2) is 4.79 Å². The van der Waals surface area contributed by atoms with E-state index < -0.39 is 5.97 Å². The molecule has 1 aliphatic rings. The molecular formula is C24H28N2O4S. The Morgan fingerprint density at radius 1 is 1.16 bits per heavy atom. The molecule has 2 heterocycles. The topological polar surface area (TPSA) is 77.5 Å². The quantitative estimate of drug-likeness (QED) is 0.447. The monoisotopic (exact) mass is 440 g/mol. The highest BCUT2D eigenvalue weighted by atomic mass is 32.2. The summed E-state index contributed by atoms with van der Waals surface area (Å²) in [6.45, 7) is 1.21. The van der Waals surface area contributed by atoms with Crippen LogP contribution in [0.4, 0.5) is 0 Å². The first-order valence-electron chi connectivity index (χ1n) is 10.7. The molecule has 1 fully saturated rings. The molecular weight excluding hydrogens is 412 g/mol. The molecule has 0 atom stereocenters. The maximum Gasteiger partial charge on any atom is 0.329 e. The normalized spacial score (nSPS) is 18.9. The van der Waals surface area contributed by atoms with Crippen LogP contribution in [0.15, 0.2) is 58.2 Å². The highest BCUT2D eigenvalue weighted by Crippen LogP contribution is 2.40. The number of hydrogen-bond acceptors (Lipinski definition) is 5. The Bertz CT molecular complexity index is 977. The van der Waals surface area contributed by atoms with Gasteiger partial charge in [0.1, 0.15) is 23.1 Å². The molecule has 0 spiro atoms. The summed E-state index contributed by atoms with van der Waals surface area (Å²) >= 11 is 1.70. The maximum absolute atomic E-state index is 10.6. The van der Waals surface area contributed by atoms with Gasteiger partial charge in [-0.15, -0.1) is 11.8 Å². The van der Waals surface area contributed by atoms with Crippen LogP contribution in [0, 0.1) is 11.8 Å². The lowest BCUT2D eigenvalue weighted by atomic mass is 9.82. The molecule has 3 aromatic rings. The molecule has 2 aromatic heterocycles. The van der Waals surface area contributed by atoms with Gasteiger partial charge in [0.05, 0.1) is 18.4 Å². The van der Waals surface area contributed by atoms with Gasteiger partial charge in [0.2, 0.25) is 0 Å². The van der Waals surface area contributed by atoms with E-state index in [0.717, 1.165) is 59.8 Å². The van der Waals surface area contributed by atoms with Gasteiger partial charge in [-0.2, -0.15) is 5.10 Å². The molecule has 164 valence electrons. The third-order valence-electron chi connectivity index (χ3n) is 5.89. The van der Waals surface area contributed by atoms with Gasteiger partial charge in [0, 0.05) is 12.1 Å². The lowest BCUT2D eigenvalue weighted by Gasteiger charge is -2.28. The number of rotatable bonds is 9. The van der Waals surface area contributed by atoms with Crippen molar-refractivity contribution >= 4 is 17.7 Å². The van der Waals surface area contributed by atoms with Crippen LogP contribution in [0.2, 0.25) is 0 Å². The first-order chi connectivity index (χ1) is 15.2.